The Hall–Kier alpha value is -1.82. The Morgan fingerprint density at radius 1 is 1.42 bits per heavy atom. The third kappa shape index (κ3) is 2.96. The van der Waals surface area contributed by atoms with E-state index in [4.69, 9.17) is 5.73 Å². The lowest BCUT2D eigenvalue weighted by Crippen LogP contribution is -2.37. The predicted molar refractivity (Wildman–Crippen MR) is 76.4 cm³/mol. The lowest BCUT2D eigenvalue weighted by Gasteiger charge is -2.30. The van der Waals surface area contributed by atoms with E-state index in [0.29, 0.717) is 6.04 Å². The molecule has 1 heterocycles. The van der Waals surface area contributed by atoms with Crippen molar-refractivity contribution in [3.05, 3.63) is 28.3 Å². The Morgan fingerprint density at radius 3 is 2.79 bits per heavy atom. The van der Waals surface area contributed by atoms with Crippen LogP contribution in [0.2, 0.25) is 0 Å². The molecule has 1 atom stereocenters. The maximum atomic E-state index is 10.8. The molecule has 0 amide bonds. The first-order valence-corrected chi connectivity index (χ1v) is 6.48. The van der Waals surface area contributed by atoms with Crippen LogP contribution in [0.1, 0.15) is 13.3 Å². The fourth-order valence-electron chi connectivity index (χ4n) is 2.64. The van der Waals surface area contributed by atoms with Crippen molar-refractivity contribution in [2.45, 2.75) is 19.4 Å². The number of anilines is 2. The number of nitrogen functional groups attached to an aromatic ring is 1. The van der Waals surface area contributed by atoms with Gasteiger partial charge in [-0.25, -0.2) is 0 Å². The molecule has 1 saturated heterocycles. The van der Waals surface area contributed by atoms with Crippen LogP contribution >= 0.6 is 0 Å². The highest BCUT2D eigenvalue weighted by molar-refractivity contribution is 5.66. The molecule has 19 heavy (non-hydrogen) atoms. The smallest absolute Gasteiger partial charge is 0.292 e. The number of nitro benzene ring substituents is 1. The fourth-order valence-corrected chi connectivity index (χ4v) is 2.64. The number of likely N-dealkylation sites (N-methyl/N-ethyl adjacent to an activating group) is 1. The molecule has 0 bridgehead atoms. The zero-order valence-corrected chi connectivity index (χ0v) is 11.4. The molecule has 1 unspecified atom stereocenters. The van der Waals surface area contributed by atoms with Crippen LogP contribution in [-0.2, 0) is 0 Å². The summed E-state index contributed by atoms with van der Waals surface area (Å²) in [7, 11) is 2.12. The van der Waals surface area contributed by atoms with E-state index in [1.807, 2.05) is 0 Å². The van der Waals surface area contributed by atoms with E-state index in [0.717, 1.165) is 31.7 Å². The Morgan fingerprint density at radius 2 is 2.16 bits per heavy atom. The minimum absolute atomic E-state index is 0.0247. The first kappa shape index (κ1) is 13.6. The average Bonchev–Trinajstić information content (AvgIpc) is 2.49. The molecular weight excluding hydrogens is 244 g/mol. The van der Waals surface area contributed by atoms with Gasteiger partial charge in [-0.15, -0.1) is 0 Å². The summed E-state index contributed by atoms with van der Waals surface area (Å²) >= 11 is 0. The molecule has 0 radical (unpaired) electrons. The van der Waals surface area contributed by atoms with E-state index < -0.39 is 4.92 Å². The van der Waals surface area contributed by atoms with Gasteiger partial charge in [0.2, 0.25) is 0 Å². The SMILES string of the molecule is CC1CN(C)CCCN1c1ccc([N+](=O)[O-])c(N)c1. The highest BCUT2D eigenvalue weighted by Gasteiger charge is 2.21. The van der Waals surface area contributed by atoms with Gasteiger partial charge in [-0.05, 0) is 39.1 Å². The number of rotatable bonds is 2. The van der Waals surface area contributed by atoms with E-state index in [1.165, 1.54) is 6.07 Å². The zero-order chi connectivity index (χ0) is 14.0. The highest BCUT2D eigenvalue weighted by atomic mass is 16.6. The molecule has 1 fully saturated rings. The van der Waals surface area contributed by atoms with Gasteiger partial charge in [-0.3, -0.25) is 10.1 Å². The van der Waals surface area contributed by atoms with Crippen molar-refractivity contribution in [3.63, 3.8) is 0 Å². The van der Waals surface area contributed by atoms with Gasteiger partial charge in [0.05, 0.1) is 4.92 Å². The standard InChI is InChI=1S/C13H20N4O2/c1-10-9-15(2)6-3-7-16(10)11-4-5-13(17(18)19)12(14)8-11/h4-5,8,10H,3,6-7,9,14H2,1-2H3. The molecule has 0 saturated carbocycles. The van der Waals surface area contributed by atoms with E-state index in [9.17, 15) is 10.1 Å². The zero-order valence-electron chi connectivity index (χ0n) is 11.4. The molecule has 0 aromatic heterocycles. The molecule has 104 valence electrons. The van der Waals surface area contributed by atoms with Crippen LogP contribution in [0.25, 0.3) is 0 Å². The summed E-state index contributed by atoms with van der Waals surface area (Å²) < 4.78 is 0. The molecule has 1 aromatic rings. The second kappa shape index (κ2) is 5.44. The van der Waals surface area contributed by atoms with Crippen LogP contribution in [0.5, 0.6) is 0 Å². The van der Waals surface area contributed by atoms with Gasteiger partial charge in [-0.1, -0.05) is 0 Å². The predicted octanol–water partition coefficient (Wildman–Crippen LogP) is 1.71. The van der Waals surface area contributed by atoms with Gasteiger partial charge in [0.1, 0.15) is 5.69 Å². The summed E-state index contributed by atoms with van der Waals surface area (Å²) in [6.45, 7) is 5.17. The van der Waals surface area contributed by atoms with Crippen molar-refractivity contribution >= 4 is 17.1 Å². The lowest BCUT2D eigenvalue weighted by atomic mass is 10.2. The maximum absolute atomic E-state index is 10.8. The van der Waals surface area contributed by atoms with Gasteiger partial charge in [-0.2, -0.15) is 0 Å². The molecule has 0 aliphatic carbocycles. The first-order chi connectivity index (χ1) is 8.99. The molecule has 1 aromatic carbocycles. The fraction of sp³-hybridized carbons (Fsp3) is 0.538. The van der Waals surface area contributed by atoms with Gasteiger partial charge in [0.15, 0.2) is 0 Å². The van der Waals surface area contributed by atoms with Gasteiger partial charge < -0.3 is 15.5 Å². The second-order valence-corrected chi connectivity index (χ2v) is 5.16. The van der Waals surface area contributed by atoms with Crippen molar-refractivity contribution in [2.75, 3.05) is 37.3 Å². The van der Waals surface area contributed by atoms with Crippen molar-refractivity contribution in [2.24, 2.45) is 0 Å². The quantitative estimate of drug-likeness (QED) is 0.500. The summed E-state index contributed by atoms with van der Waals surface area (Å²) in [4.78, 5) is 14.9. The first-order valence-electron chi connectivity index (χ1n) is 6.48. The molecule has 1 aliphatic heterocycles. The van der Waals surface area contributed by atoms with Crippen LogP contribution in [0, 0.1) is 10.1 Å². The number of nitrogens with zero attached hydrogens (tertiary/aromatic N) is 3. The second-order valence-electron chi connectivity index (χ2n) is 5.16. The summed E-state index contributed by atoms with van der Waals surface area (Å²) in [5.74, 6) is 0. The third-order valence-electron chi connectivity index (χ3n) is 3.59. The molecular formula is C13H20N4O2. The average molecular weight is 264 g/mol. The summed E-state index contributed by atoms with van der Waals surface area (Å²) in [6.07, 6.45) is 1.08. The van der Waals surface area contributed by atoms with Crippen molar-refractivity contribution in [3.8, 4) is 0 Å². The van der Waals surface area contributed by atoms with Crippen LogP contribution < -0.4 is 10.6 Å². The molecule has 2 N–H and O–H groups in total. The van der Waals surface area contributed by atoms with E-state index in [2.05, 4.69) is 23.8 Å². The Kier molecular flexibility index (Phi) is 3.90. The third-order valence-corrected chi connectivity index (χ3v) is 3.59. The molecule has 6 heteroatoms. The summed E-state index contributed by atoms with van der Waals surface area (Å²) in [5.41, 5.74) is 6.93. The monoisotopic (exact) mass is 264 g/mol. The van der Waals surface area contributed by atoms with Crippen molar-refractivity contribution in [1.29, 1.82) is 0 Å². The number of hydrogen-bond acceptors (Lipinski definition) is 5. The largest absolute Gasteiger partial charge is 0.393 e. The molecule has 2 rings (SSSR count). The highest BCUT2D eigenvalue weighted by Crippen LogP contribution is 2.28. The van der Waals surface area contributed by atoms with E-state index >= 15 is 0 Å². The minimum atomic E-state index is -0.446. The molecule has 1 aliphatic rings. The normalized spacial score (nSPS) is 21.2. The molecule has 6 nitrogen and oxygen atoms in total. The van der Waals surface area contributed by atoms with Crippen LogP contribution in [0.4, 0.5) is 17.1 Å². The van der Waals surface area contributed by atoms with Crippen molar-refractivity contribution in [1.82, 2.24) is 4.90 Å². The van der Waals surface area contributed by atoms with Crippen LogP contribution in [-0.4, -0.2) is 42.5 Å². The summed E-state index contributed by atoms with van der Waals surface area (Å²) in [5, 5.41) is 10.8. The minimum Gasteiger partial charge on any atom is -0.393 e. The van der Waals surface area contributed by atoms with Gasteiger partial charge >= 0.3 is 0 Å². The van der Waals surface area contributed by atoms with Crippen LogP contribution in [0.3, 0.4) is 0 Å². The Balaban J connectivity index is 2.25. The van der Waals surface area contributed by atoms with Gasteiger partial charge in [0, 0.05) is 30.9 Å². The summed E-state index contributed by atoms with van der Waals surface area (Å²) in [6, 6.07) is 5.36. The molecule has 0 spiro atoms. The Bertz CT molecular complexity index is 478. The van der Waals surface area contributed by atoms with E-state index in [-0.39, 0.29) is 11.4 Å². The maximum Gasteiger partial charge on any atom is 0.292 e. The number of hydrogen-bond donors (Lipinski definition) is 1. The number of nitrogens with two attached hydrogens (primary N) is 1. The Labute approximate surface area is 112 Å². The number of benzene rings is 1. The van der Waals surface area contributed by atoms with Crippen LogP contribution in [0.15, 0.2) is 18.2 Å². The van der Waals surface area contributed by atoms with E-state index in [1.54, 1.807) is 12.1 Å². The topological polar surface area (TPSA) is 75.6 Å². The number of nitro groups is 1. The van der Waals surface area contributed by atoms with Crippen molar-refractivity contribution < 1.29 is 4.92 Å². The lowest BCUT2D eigenvalue weighted by molar-refractivity contribution is -0.383. The van der Waals surface area contributed by atoms with Gasteiger partial charge in [0.25, 0.3) is 5.69 Å².